The maximum Gasteiger partial charge on any atom is 0.449 e. The first-order chi connectivity index (χ1) is 17.3. The molecule has 0 amide bonds. The Morgan fingerprint density at radius 1 is 1.03 bits per heavy atom. The van der Waals surface area contributed by atoms with Crippen molar-refractivity contribution in [3.8, 4) is 23.4 Å². The van der Waals surface area contributed by atoms with Gasteiger partial charge in [-0.05, 0) is 36.3 Å². The van der Waals surface area contributed by atoms with E-state index in [-0.39, 0.29) is 31.4 Å². The molecule has 180 valence electrons. The third-order valence-corrected chi connectivity index (χ3v) is 5.38. The molecule has 0 radical (unpaired) electrons. The number of hydrogen-bond donors (Lipinski definition) is 3. The van der Waals surface area contributed by atoms with E-state index in [0.29, 0.717) is 22.1 Å². The van der Waals surface area contributed by atoms with Crippen LogP contribution in [0.1, 0.15) is 11.3 Å². The molecule has 1 fully saturated rings. The number of alkyl halides is 3. The first kappa shape index (κ1) is 22.9. The zero-order valence-electron chi connectivity index (χ0n) is 18.5. The predicted octanol–water partition coefficient (Wildman–Crippen LogP) is 2.85. The maximum absolute atomic E-state index is 12.9. The lowest BCUT2D eigenvalue weighted by atomic mass is 10.1. The second kappa shape index (κ2) is 9.06. The van der Waals surface area contributed by atoms with Gasteiger partial charge in [-0.2, -0.15) is 18.3 Å². The van der Waals surface area contributed by atoms with Crippen LogP contribution in [0.4, 0.5) is 19.1 Å². The average molecular weight is 490 g/mol. The van der Waals surface area contributed by atoms with Crippen molar-refractivity contribution < 1.29 is 13.2 Å². The SMILES string of the molecule is N=C1CN(c2nccc(-c3nccc(C#Cc4ccc5[nH]ncc5c4)n3)n2)CCN1C(=N)C(F)(F)F. The summed E-state index contributed by atoms with van der Waals surface area (Å²) in [5.74, 6) is 4.69. The minimum atomic E-state index is -4.82. The van der Waals surface area contributed by atoms with E-state index in [2.05, 4.69) is 42.0 Å². The van der Waals surface area contributed by atoms with Gasteiger partial charge in [0.2, 0.25) is 11.8 Å². The molecular formula is C23H17F3N10. The number of aromatic nitrogens is 6. The van der Waals surface area contributed by atoms with Gasteiger partial charge in [0.05, 0.1) is 18.3 Å². The smallest absolute Gasteiger partial charge is 0.332 e. The normalized spacial score (nSPS) is 14.0. The van der Waals surface area contributed by atoms with Gasteiger partial charge in [0, 0.05) is 36.4 Å². The highest BCUT2D eigenvalue weighted by molar-refractivity contribution is 6.02. The number of H-pyrrole nitrogens is 1. The topological polar surface area (TPSA) is 134 Å². The van der Waals surface area contributed by atoms with E-state index < -0.39 is 12.0 Å². The van der Waals surface area contributed by atoms with Crippen LogP contribution in [0.2, 0.25) is 0 Å². The van der Waals surface area contributed by atoms with Crippen molar-refractivity contribution in [1.82, 2.24) is 35.0 Å². The number of benzene rings is 1. The summed E-state index contributed by atoms with van der Waals surface area (Å²) >= 11 is 0. The van der Waals surface area contributed by atoms with Gasteiger partial charge < -0.3 is 9.80 Å². The minimum absolute atomic E-state index is 0.109. The standard InChI is InChI=1S/C23H17F3N10/c24-23(25,26)21(28)36-10-9-35(13-19(36)27)22-30-8-6-18(33-22)20-29-7-5-16(32-20)3-1-14-2-4-17-15(11-14)12-31-34-17/h2,4-8,11-12,27-28H,9-10,13H2,(H,31,34). The first-order valence-corrected chi connectivity index (χ1v) is 10.7. The number of halogens is 3. The van der Waals surface area contributed by atoms with Crippen molar-refractivity contribution in [1.29, 1.82) is 10.8 Å². The van der Waals surface area contributed by atoms with E-state index in [1.807, 2.05) is 18.2 Å². The molecule has 3 aromatic heterocycles. The van der Waals surface area contributed by atoms with E-state index in [4.69, 9.17) is 10.8 Å². The average Bonchev–Trinajstić information content (AvgIpc) is 3.35. The van der Waals surface area contributed by atoms with Gasteiger partial charge in [0.25, 0.3) is 0 Å². The van der Waals surface area contributed by atoms with Gasteiger partial charge in [-0.15, -0.1) is 0 Å². The molecule has 5 rings (SSSR count). The third kappa shape index (κ3) is 4.69. The van der Waals surface area contributed by atoms with Gasteiger partial charge in [0.1, 0.15) is 17.2 Å². The van der Waals surface area contributed by atoms with Gasteiger partial charge in [-0.3, -0.25) is 15.9 Å². The van der Waals surface area contributed by atoms with E-state index in [1.54, 1.807) is 29.4 Å². The summed E-state index contributed by atoms with van der Waals surface area (Å²) < 4.78 is 38.6. The first-order valence-electron chi connectivity index (χ1n) is 10.7. The lowest BCUT2D eigenvalue weighted by Crippen LogP contribution is -2.55. The zero-order chi connectivity index (χ0) is 25.3. The fourth-order valence-electron chi connectivity index (χ4n) is 3.61. The number of hydrogen-bond acceptors (Lipinski definition) is 8. The second-order valence-corrected chi connectivity index (χ2v) is 7.80. The van der Waals surface area contributed by atoms with Crippen LogP contribution in [0.25, 0.3) is 22.4 Å². The molecule has 1 aromatic carbocycles. The molecule has 0 unspecified atom stereocenters. The summed E-state index contributed by atoms with van der Waals surface area (Å²) in [7, 11) is 0. The quantitative estimate of drug-likeness (QED) is 0.223. The Kier molecular flexibility index (Phi) is 5.77. The Bertz CT molecular complexity index is 1530. The van der Waals surface area contributed by atoms with Crippen LogP contribution in [0, 0.1) is 22.7 Å². The van der Waals surface area contributed by atoms with Crippen LogP contribution in [-0.4, -0.2) is 72.5 Å². The molecular weight excluding hydrogens is 473 g/mol. The fourth-order valence-corrected chi connectivity index (χ4v) is 3.61. The molecule has 0 atom stereocenters. The molecule has 1 aliphatic rings. The molecule has 4 heterocycles. The van der Waals surface area contributed by atoms with Crippen molar-refractivity contribution in [3.05, 3.63) is 60.2 Å². The molecule has 3 N–H and O–H groups in total. The molecule has 36 heavy (non-hydrogen) atoms. The van der Waals surface area contributed by atoms with Gasteiger partial charge in [-0.25, -0.2) is 19.9 Å². The monoisotopic (exact) mass is 490 g/mol. The van der Waals surface area contributed by atoms with Crippen LogP contribution in [-0.2, 0) is 0 Å². The zero-order valence-corrected chi connectivity index (χ0v) is 18.5. The summed E-state index contributed by atoms with van der Waals surface area (Å²) in [5, 5.41) is 23.1. The minimum Gasteiger partial charge on any atom is -0.332 e. The number of piperazine rings is 1. The lowest BCUT2D eigenvalue weighted by Gasteiger charge is -2.36. The summed E-state index contributed by atoms with van der Waals surface area (Å²) in [4.78, 5) is 19.6. The van der Waals surface area contributed by atoms with Crippen LogP contribution in [0.15, 0.2) is 48.9 Å². The predicted molar refractivity (Wildman–Crippen MR) is 126 cm³/mol. The molecule has 1 aliphatic heterocycles. The highest BCUT2D eigenvalue weighted by Gasteiger charge is 2.41. The maximum atomic E-state index is 12.9. The Morgan fingerprint density at radius 3 is 2.67 bits per heavy atom. The van der Waals surface area contributed by atoms with Crippen LogP contribution in [0.3, 0.4) is 0 Å². The molecule has 0 saturated carbocycles. The van der Waals surface area contributed by atoms with Crippen molar-refractivity contribution >= 4 is 28.5 Å². The number of amidine groups is 2. The third-order valence-electron chi connectivity index (χ3n) is 5.38. The summed E-state index contributed by atoms with van der Waals surface area (Å²) in [6.45, 7) is -0.246. The summed E-state index contributed by atoms with van der Waals surface area (Å²) in [5.41, 5.74) is 2.60. The molecule has 4 aromatic rings. The van der Waals surface area contributed by atoms with Gasteiger partial charge in [-0.1, -0.05) is 5.92 Å². The highest BCUT2D eigenvalue weighted by atomic mass is 19.4. The molecule has 0 bridgehead atoms. The number of rotatable bonds is 2. The van der Waals surface area contributed by atoms with Gasteiger partial charge >= 0.3 is 6.18 Å². The van der Waals surface area contributed by atoms with E-state index in [0.717, 1.165) is 16.5 Å². The van der Waals surface area contributed by atoms with Crippen molar-refractivity contribution in [2.75, 3.05) is 24.5 Å². The molecule has 10 nitrogen and oxygen atoms in total. The van der Waals surface area contributed by atoms with E-state index in [9.17, 15) is 13.2 Å². The second-order valence-electron chi connectivity index (χ2n) is 7.80. The van der Waals surface area contributed by atoms with Crippen LogP contribution in [0.5, 0.6) is 0 Å². The molecule has 0 aliphatic carbocycles. The van der Waals surface area contributed by atoms with Crippen molar-refractivity contribution in [3.63, 3.8) is 0 Å². The number of anilines is 1. The van der Waals surface area contributed by atoms with Crippen LogP contribution >= 0.6 is 0 Å². The van der Waals surface area contributed by atoms with Crippen molar-refractivity contribution in [2.24, 2.45) is 0 Å². The number of nitrogens with zero attached hydrogens (tertiary/aromatic N) is 7. The largest absolute Gasteiger partial charge is 0.449 e. The molecule has 1 saturated heterocycles. The summed E-state index contributed by atoms with van der Waals surface area (Å²) in [6, 6.07) is 8.97. The number of fused-ring (bicyclic) bond motifs is 1. The van der Waals surface area contributed by atoms with Crippen LogP contribution < -0.4 is 4.90 Å². The summed E-state index contributed by atoms with van der Waals surface area (Å²) in [6.07, 6.45) is -0.0439. The molecule has 13 heteroatoms. The molecule has 0 spiro atoms. The number of nitrogens with one attached hydrogen (secondary N) is 3. The number of aromatic amines is 1. The van der Waals surface area contributed by atoms with E-state index >= 15 is 0 Å². The van der Waals surface area contributed by atoms with E-state index in [1.165, 1.54) is 6.20 Å². The lowest BCUT2D eigenvalue weighted by molar-refractivity contribution is -0.0671. The Morgan fingerprint density at radius 2 is 1.86 bits per heavy atom. The Hall–Kier alpha value is -4.86. The highest BCUT2D eigenvalue weighted by Crippen LogP contribution is 2.22. The fraction of sp³-hybridized carbons (Fsp3) is 0.174. The van der Waals surface area contributed by atoms with Crippen molar-refractivity contribution in [2.45, 2.75) is 6.18 Å². The Labute approximate surface area is 202 Å². The Balaban J connectivity index is 1.34. The van der Waals surface area contributed by atoms with Gasteiger partial charge in [0.15, 0.2) is 5.82 Å².